The first kappa shape index (κ1) is 18.9. The Balaban J connectivity index is 1.75. The third-order valence-electron chi connectivity index (χ3n) is 3.97. The van der Waals surface area contributed by atoms with E-state index >= 15 is 0 Å². The first-order chi connectivity index (χ1) is 13.6. The van der Waals surface area contributed by atoms with Crippen molar-refractivity contribution in [1.29, 1.82) is 5.26 Å². The Bertz CT molecular complexity index is 1040. The van der Waals surface area contributed by atoms with E-state index in [0.717, 1.165) is 5.56 Å². The second kappa shape index (κ2) is 8.64. The molecule has 2 N–H and O–H groups in total. The molecule has 7 nitrogen and oxygen atoms in total. The van der Waals surface area contributed by atoms with Crippen molar-refractivity contribution in [2.45, 2.75) is 13.5 Å². The van der Waals surface area contributed by atoms with E-state index in [9.17, 15) is 4.79 Å². The molecule has 1 aromatic heterocycles. The van der Waals surface area contributed by atoms with Crippen LogP contribution in [0.5, 0.6) is 5.75 Å². The van der Waals surface area contributed by atoms with Gasteiger partial charge < -0.3 is 15.4 Å². The van der Waals surface area contributed by atoms with Crippen LogP contribution in [0.4, 0.5) is 11.5 Å². The minimum Gasteiger partial charge on any atom is -0.496 e. The number of para-hydroxylation sites is 1. The zero-order valence-corrected chi connectivity index (χ0v) is 15.6. The molecule has 3 rings (SSSR count). The molecule has 1 heterocycles. The SMILES string of the molecule is COc1ccccc1CNC(=O)c1cc(Nc2cccc(C#N)c2)nc(C)n1. The maximum absolute atomic E-state index is 12.6. The lowest BCUT2D eigenvalue weighted by atomic mass is 10.2. The first-order valence-electron chi connectivity index (χ1n) is 8.62. The number of nitriles is 1. The summed E-state index contributed by atoms with van der Waals surface area (Å²) >= 11 is 0. The third-order valence-corrected chi connectivity index (χ3v) is 3.97. The molecule has 0 bridgehead atoms. The summed E-state index contributed by atoms with van der Waals surface area (Å²) in [6.45, 7) is 2.03. The maximum atomic E-state index is 12.6. The fourth-order valence-electron chi connectivity index (χ4n) is 2.68. The van der Waals surface area contributed by atoms with Gasteiger partial charge in [0.15, 0.2) is 0 Å². The van der Waals surface area contributed by atoms with E-state index in [4.69, 9.17) is 10.00 Å². The number of rotatable bonds is 6. The number of ether oxygens (including phenoxy) is 1. The molecule has 3 aromatic rings. The minimum absolute atomic E-state index is 0.251. The molecule has 0 aliphatic heterocycles. The van der Waals surface area contributed by atoms with Crippen LogP contribution in [0.25, 0.3) is 0 Å². The molecule has 140 valence electrons. The fourth-order valence-corrected chi connectivity index (χ4v) is 2.68. The molecule has 0 aliphatic carbocycles. The summed E-state index contributed by atoms with van der Waals surface area (Å²) in [7, 11) is 1.59. The van der Waals surface area contributed by atoms with Crippen molar-refractivity contribution < 1.29 is 9.53 Å². The number of aromatic nitrogens is 2. The minimum atomic E-state index is -0.315. The number of aryl methyl sites for hydroxylation is 1. The molecule has 0 unspecified atom stereocenters. The molecular formula is C21H19N5O2. The zero-order valence-electron chi connectivity index (χ0n) is 15.6. The summed E-state index contributed by atoms with van der Waals surface area (Å²) in [6, 6.07) is 18.2. The van der Waals surface area contributed by atoms with Crippen LogP contribution < -0.4 is 15.4 Å². The highest BCUT2D eigenvalue weighted by Crippen LogP contribution is 2.18. The summed E-state index contributed by atoms with van der Waals surface area (Å²) < 4.78 is 5.30. The second-order valence-electron chi connectivity index (χ2n) is 6.00. The van der Waals surface area contributed by atoms with E-state index in [1.807, 2.05) is 30.3 Å². The number of hydrogen-bond donors (Lipinski definition) is 2. The number of benzene rings is 2. The van der Waals surface area contributed by atoms with Gasteiger partial charge in [0, 0.05) is 23.9 Å². The number of nitrogens with one attached hydrogen (secondary N) is 2. The number of hydrogen-bond acceptors (Lipinski definition) is 6. The van der Waals surface area contributed by atoms with Gasteiger partial charge in [0.25, 0.3) is 5.91 Å². The third kappa shape index (κ3) is 4.62. The van der Waals surface area contributed by atoms with Crippen molar-refractivity contribution in [3.05, 3.63) is 77.2 Å². The number of nitrogens with zero attached hydrogens (tertiary/aromatic N) is 3. The molecule has 0 aliphatic rings. The highest BCUT2D eigenvalue weighted by Gasteiger charge is 2.12. The number of amides is 1. The van der Waals surface area contributed by atoms with Gasteiger partial charge in [-0.3, -0.25) is 4.79 Å². The Kier molecular flexibility index (Phi) is 5.82. The van der Waals surface area contributed by atoms with Crippen molar-refractivity contribution >= 4 is 17.4 Å². The Labute approximate surface area is 163 Å². The highest BCUT2D eigenvalue weighted by molar-refractivity contribution is 5.93. The normalized spacial score (nSPS) is 10.0. The van der Waals surface area contributed by atoms with E-state index in [1.165, 1.54) is 0 Å². The van der Waals surface area contributed by atoms with Gasteiger partial charge in [-0.2, -0.15) is 5.26 Å². The summed E-state index contributed by atoms with van der Waals surface area (Å²) in [6.07, 6.45) is 0. The smallest absolute Gasteiger partial charge is 0.270 e. The molecule has 0 saturated carbocycles. The van der Waals surface area contributed by atoms with Gasteiger partial charge in [0.2, 0.25) is 0 Å². The molecule has 2 aromatic carbocycles. The topological polar surface area (TPSA) is 99.9 Å². The van der Waals surface area contributed by atoms with Gasteiger partial charge >= 0.3 is 0 Å². The van der Waals surface area contributed by atoms with Gasteiger partial charge in [-0.15, -0.1) is 0 Å². The Hall–Kier alpha value is -3.92. The molecule has 0 saturated heterocycles. The standard InChI is InChI=1S/C21H19N5O2/c1-14-24-18(21(27)23-13-16-7-3-4-9-19(16)28-2)11-20(25-14)26-17-8-5-6-15(10-17)12-22/h3-11H,13H2,1-2H3,(H,23,27)(H,24,25,26). The summed E-state index contributed by atoms with van der Waals surface area (Å²) in [4.78, 5) is 21.1. The van der Waals surface area contributed by atoms with E-state index in [-0.39, 0.29) is 11.6 Å². The van der Waals surface area contributed by atoms with E-state index in [0.29, 0.717) is 35.2 Å². The molecule has 28 heavy (non-hydrogen) atoms. The van der Waals surface area contributed by atoms with Crippen LogP contribution in [0.15, 0.2) is 54.6 Å². The van der Waals surface area contributed by atoms with E-state index < -0.39 is 0 Å². The van der Waals surface area contributed by atoms with Crippen LogP contribution in [0, 0.1) is 18.3 Å². The van der Waals surface area contributed by atoms with Gasteiger partial charge in [0.1, 0.15) is 23.1 Å². The summed E-state index contributed by atoms with van der Waals surface area (Å²) in [5, 5.41) is 15.0. The van der Waals surface area contributed by atoms with E-state index in [2.05, 4.69) is 26.7 Å². The lowest BCUT2D eigenvalue weighted by Crippen LogP contribution is -2.24. The molecule has 1 amide bonds. The highest BCUT2D eigenvalue weighted by atomic mass is 16.5. The summed E-state index contributed by atoms with van der Waals surface area (Å²) in [5.74, 6) is 1.33. The average Bonchev–Trinajstić information content (AvgIpc) is 2.71. The number of carbonyl (C=O) groups is 1. The predicted molar refractivity (Wildman–Crippen MR) is 105 cm³/mol. The first-order valence-corrected chi connectivity index (χ1v) is 8.62. The second-order valence-corrected chi connectivity index (χ2v) is 6.00. The van der Waals surface area contributed by atoms with Crippen molar-refractivity contribution in [2.75, 3.05) is 12.4 Å². The van der Waals surface area contributed by atoms with Crippen LogP contribution in [-0.2, 0) is 6.54 Å². The monoisotopic (exact) mass is 373 g/mol. The van der Waals surface area contributed by atoms with Crippen molar-refractivity contribution in [3.63, 3.8) is 0 Å². The molecule has 0 radical (unpaired) electrons. The Morgan fingerprint density at radius 1 is 1.14 bits per heavy atom. The summed E-state index contributed by atoms with van der Waals surface area (Å²) in [5.41, 5.74) is 2.36. The predicted octanol–water partition coefficient (Wildman–Crippen LogP) is 3.34. The van der Waals surface area contributed by atoms with Gasteiger partial charge in [-0.1, -0.05) is 24.3 Å². The quantitative estimate of drug-likeness (QED) is 0.687. The van der Waals surface area contributed by atoms with Gasteiger partial charge in [-0.05, 0) is 31.2 Å². The molecule has 7 heteroatoms. The number of anilines is 2. The van der Waals surface area contributed by atoms with Gasteiger partial charge in [-0.25, -0.2) is 9.97 Å². The zero-order chi connectivity index (χ0) is 19.9. The van der Waals surface area contributed by atoms with Crippen molar-refractivity contribution in [2.24, 2.45) is 0 Å². The van der Waals surface area contributed by atoms with Crippen molar-refractivity contribution in [1.82, 2.24) is 15.3 Å². The molecule has 0 spiro atoms. The van der Waals surface area contributed by atoms with Crippen LogP contribution in [0.2, 0.25) is 0 Å². The van der Waals surface area contributed by atoms with Crippen molar-refractivity contribution in [3.8, 4) is 11.8 Å². The van der Waals surface area contributed by atoms with E-state index in [1.54, 1.807) is 38.3 Å². The fraction of sp³-hybridized carbons (Fsp3) is 0.143. The van der Waals surface area contributed by atoms with Crippen LogP contribution in [0.3, 0.4) is 0 Å². The molecule has 0 atom stereocenters. The lowest BCUT2D eigenvalue weighted by Gasteiger charge is -2.11. The van der Waals surface area contributed by atoms with Crippen LogP contribution in [-0.4, -0.2) is 23.0 Å². The Morgan fingerprint density at radius 2 is 1.96 bits per heavy atom. The maximum Gasteiger partial charge on any atom is 0.270 e. The Morgan fingerprint density at radius 3 is 2.75 bits per heavy atom. The van der Waals surface area contributed by atoms with Crippen LogP contribution in [0.1, 0.15) is 27.4 Å². The lowest BCUT2D eigenvalue weighted by molar-refractivity contribution is 0.0945. The average molecular weight is 373 g/mol. The molecular weight excluding hydrogens is 354 g/mol. The molecule has 0 fully saturated rings. The largest absolute Gasteiger partial charge is 0.496 e. The van der Waals surface area contributed by atoms with Gasteiger partial charge in [0.05, 0.1) is 18.7 Å². The van der Waals surface area contributed by atoms with Crippen LogP contribution >= 0.6 is 0 Å². The number of methoxy groups -OCH3 is 1. The number of carbonyl (C=O) groups excluding carboxylic acids is 1.